The Balaban J connectivity index is 0. The molecule has 0 aromatic heterocycles. The van der Waals surface area contributed by atoms with Crippen molar-refractivity contribution < 1.29 is 17.3 Å². The summed E-state index contributed by atoms with van der Waals surface area (Å²) in [7, 11) is 4.76. The fraction of sp³-hybridized carbons (Fsp3) is 0.250. The predicted molar refractivity (Wildman–Crippen MR) is 26.0 cm³/mol. The van der Waals surface area contributed by atoms with Gasteiger partial charge in [0.25, 0.3) is 0 Å². The average Bonchev–Trinajstić information content (AvgIpc) is 1.72. The molecule has 0 N–H and O–H groups in total. The van der Waals surface area contributed by atoms with Crippen LogP contribution in [0, 0.1) is 6.42 Å². The van der Waals surface area contributed by atoms with Gasteiger partial charge in [0.15, 0.2) is 0 Å². The molecule has 0 bridgehead atoms. The molecule has 0 heterocycles. The second-order valence-corrected chi connectivity index (χ2v) is 0.569. The SMILES string of the molecule is C=C[CH-]C.[Cl][Zn+]. The van der Waals surface area contributed by atoms with Gasteiger partial charge in [-0.2, -0.15) is 0 Å². The molecule has 0 saturated heterocycles. The summed E-state index contributed by atoms with van der Waals surface area (Å²) < 4.78 is 0. The van der Waals surface area contributed by atoms with Crippen LogP contribution in [0.4, 0.5) is 0 Å². The van der Waals surface area contributed by atoms with E-state index in [1.54, 1.807) is 6.08 Å². The van der Waals surface area contributed by atoms with Crippen molar-refractivity contribution in [2.24, 2.45) is 0 Å². The first-order valence-corrected chi connectivity index (χ1v) is 5.49. The quantitative estimate of drug-likeness (QED) is 0.402. The van der Waals surface area contributed by atoms with Crippen molar-refractivity contribution in [3.05, 3.63) is 19.1 Å². The van der Waals surface area contributed by atoms with Gasteiger partial charge in [-0.1, -0.05) is 0 Å². The zero-order valence-electron chi connectivity index (χ0n) is 3.95. The number of halogens is 1. The van der Waals surface area contributed by atoms with Crippen LogP contribution in [0.5, 0.6) is 0 Å². The summed E-state index contributed by atoms with van der Waals surface area (Å²) in [6.45, 7) is 5.36. The predicted octanol–water partition coefficient (Wildman–Crippen LogP) is 2.08. The third-order valence-electron chi connectivity index (χ3n) is 0.236. The van der Waals surface area contributed by atoms with Crippen molar-refractivity contribution in [3.8, 4) is 0 Å². The van der Waals surface area contributed by atoms with E-state index in [1.807, 2.05) is 13.3 Å². The second-order valence-electron chi connectivity index (χ2n) is 0.569. The Bertz CT molecular complexity index is 21.5. The summed E-state index contributed by atoms with van der Waals surface area (Å²) in [5.41, 5.74) is 0. The Kier molecular flexibility index (Phi) is 28.8. The molecule has 0 radical (unpaired) electrons. The van der Waals surface area contributed by atoms with Crippen molar-refractivity contribution >= 4 is 9.69 Å². The van der Waals surface area contributed by atoms with E-state index in [0.29, 0.717) is 0 Å². The summed E-state index contributed by atoms with van der Waals surface area (Å²) in [4.78, 5) is 0. The standard InChI is InChI=1S/C4H7.ClH.Zn/c1-3-4-2;;/h3-4H,1H2,2H3;1H;/q-1;;+2/p-1. The van der Waals surface area contributed by atoms with Crippen LogP contribution >= 0.6 is 9.69 Å². The molecule has 0 nitrogen and oxygen atoms in total. The third kappa shape index (κ3) is 24.2. The first-order chi connectivity index (χ1) is 2.91. The Morgan fingerprint density at radius 3 is 2.00 bits per heavy atom. The van der Waals surface area contributed by atoms with E-state index in [-0.39, 0.29) is 0 Å². The van der Waals surface area contributed by atoms with E-state index in [9.17, 15) is 0 Å². The molecule has 0 aromatic rings. The molecule has 2 heteroatoms. The van der Waals surface area contributed by atoms with E-state index in [0.717, 1.165) is 17.3 Å². The molecule has 0 aliphatic rings. The number of hydrogen-bond donors (Lipinski definition) is 0. The number of rotatable bonds is 1. The Morgan fingerprint density at radius 1 is 1.83 bits per heavy atom. The van der Waals surface area contributed by atoms with Gasteiger partial charge in [-0.05, 0) is 0 Å². The summed E-state index contributed by atoms with van der Waals surface area (Å²) in [5, 5.41) is 0. The molecule has 0 aliphatic carbocycles. The molecule has 0 unspecified atom stereocenters. The van der Waals surface area contributed by atoms with E-state index in [4.69, 9.17) is 9.69 Å². The molecule has 0 fully saturated rings. The minimum absolute atomic E-state index is 0.847. The van der Waals surface area contributed by atoms with Crippen LogP contribution in [-0.4, -0.2) is 0 Å². The molecule has 0 rings (SSSR count). The van der Waals surface area contributed by atoms with E-state index in [2.05, 4.69) is 6.58 Å². The Labute approximate surface area is 53.3 Å². The van der Waals surface area contributed by atoms with Crippen molar-refractivity contribution in [1.29, 1.82) is 0 Å². The molecule has 32 valence electrons. The fourth-order valence-electron chi connectivity index (χ4n) is 0. The molecule has 6 heavy (non-hydrogen) atoms. The average molecular weight is 156 g/mol. The Hall–Kier alpha value is 0.523. The first-order valence-electron chi connectivity index (χ1n) is 1.59. The topological polar surface area (TPSA) is 0 Å². The van der Waals surface area contributed by atoms with Crippen LogP contribution in [0.1, 0.15) is 6.92 Å². The molecule has 0 aromatic carbocycles. The molecule has 0 atom stereocenters. The monoisotopic (exact) mass is 154 g/mol. The first kappa shape index (κ1) is 9.73. The molecule has 0 spiro atoms. The molecular formula is C4H7ClZn. The van der Waals surface area contributed by atoms with Crippen molar-refractivity contribution in [2.75, 3.05) is 0 Å². The fourth-order valence-corrected chi connectivity index (χ4v) is 0. The summed E-state index contributed by atoms with van der Waals surface area (Å²) in [6.07, 6.45) is 3.64. The number of allylic oxidation sites excluding steroid dienone is 1. The Morgan fingerprint density at radius 2 is 2.00 bits per heavy atom. The van der Waals surface area contributed by atoms with Gasteiger partial charge in [-0.25, -0.2) is 19.1 Å². The zero-order chi connectivity index (χ0) is 5.41. The normalized spacial score (nSPS) is 4.67. The molecule has 0 aliphatic heterocycles. The van der Waals surface area contributed by atoms with Crippen LogP contribution in [0.3, 0.4) is 0 Å². The zero-order valence-corrected chi connectivity index (χ0v) is 7.67. The van der Waals surface area contributed by atoms with E-state index in [1.165, 1.54) is 0 Å². The summed E-state index contributed by atoms with van der Waals surface area (Å²) in [6, 6.07) is 0. The van der Waals surface area contributed by atoms with Crippen molar-refractivity contribution in [2.45, 2.75) is 6.92 Å². The molecule has 0 amide bonds. The van der Waals surface area contributed by atoms with Gasteiger partial charge in [0.2, 0.25) is 0 Å². The van der Waals surface area contributed by atoms with Crippen LogP contribution in [0.15, 0.2) is 12.7 Å². The van der Waals surface area contributed by atoms with Gasteiger partial charge >= 0.3 is 27.0 Å². The van der Waals surface area contributed by atoms with Gasteiger partial charge in [-0.3, -0.25) is 0 Å². The van der Waals surface area contributed by atoms with Gasteiger partial charge in [0, 0.05) is 0 Å². The van der Waals surface area contributed by atoms with Gasteiger partial charge < -0.3 is 0 Å². The van der Waals surface area contributed by atoms with Gasteiger partial charge in [0.05, 0.1) is 0 Å². The van der Waals surface area contributed by atoms with E-state index >= 15 is 0 Å². The maximum absolute atomic E-state index is 4.76. The van der Waals surface area contributed by atoms with Gasteiger partial charge in [-0.15, -0.1) is 6.92 Å². The van der Waals surface area contributed by atoms with Gasteiger partial charge in [0.1, 0.15) is 0 Å². The van der Waals surface area contributed by atoms with Crippen LogP contribution in [0.2, 0.25) is 0 Å². The van der Waals surface area contributed by atoms with Crippen molar-refractivity contribution in [1.82, 2.24) is 0 Å². The van der Waals surface area contributed by atoms with Crippen LogP contribution < -0.4 is 0 Å². The van der Waals surface area contributed by atoms with Crippen LogP contribution in [0.25, 0.3) is 0 Å². The maximum atomic E-state index is 4.76. The minimum atomic E-state index is 0.847. The molecular weight excluding hydrogens is 149 g/mol. The summed E-state index contributed by atoms with van der Waals surface area (Å²) >= 11 is 0.847. The van der Waals surface area contributed by atoms with Crippen LogP contribution in [-0.2, 0) is 17.3 Å². The summed E-state index contributed by atoms with van der Waals surface area (Å²) in [5.74, 6) is 0. The number of hydrogen-bond acceptors (Lipinski definition) is 0. The second kappa shape index (κ2) is 17.7. The molecule has 0 saturated carbocycles. The van der Waals surface area contributed by atoms with E-state index < -0.39 is 0 Å². The third-order valence-corrected chi connectivity index (χ3v) is 0.236. The van der Waals surface area contributed by atoms with Crippen molar-refractivity contribution in [3.63, 3.8) is 0 Å².